The summed E-state index contributed by atoms with van der Waals surface area (Å²) in [6.07, 6.45) is 3.20. The second-order valence-corrected chi connectivity index (χ2v) is 9.44. The molecule has 3 aliphatic rings. The highest BCUT2D eigenvalue weighted by Crippen LogP contribution is 2.37. The van der Waals surface area contributed by atoms with E-state index in [2.05, 4.69) is 40.1 Å². The molecule has 0 saturated carbocycles. The van der Waals surface area contributed by atoms with Gasteiger partial charge in [-0.25, -0.2) is 4.39 Å². The van der Waals surface area contributed by atoms with Gasteiger partial charge < -0.3 is 0 Å². The minimum absolute atomic E-state index is 0.178. The summed E-state index contributed by atoms with van der Waals surface area (Å²) in [5.74, 6) is -0.178. The third-order valence-electron chi connectivity index (χ3n) is 7.55. The first-order valence-corrected chi connectivity index (χ1v) is 11.9. The molecule has 3 fully saturated rings. The number of piperazine rings is 1. The number of hydrogen-bond acceptors (Lipinski definition) is 3. The first kappa shape index (κ1) is 21.8. The number of halogens is 1. The van der Waals surface area contributed by atoms with E-state index in [1.54, 1.807) is 12.1 Å². The van der Waals surface area contributed by atoms with Gasteiger partial charge >= 0.3 is 0 Å². The molecule has 0 N–H and O–H groups in total. The summed E-state index contributed by atoms with van der Waals surface area (Å²) in [5, 5.41) is 10.5. The van der Waals surface area contributed by atoms with Crippen LogP contribution in [0.3, 0.4) is 0 Å². The highest BCUT2D eigenvalue weighted by molar-refractivity contribution is 5.45. The minimum Gasteiger partial charge on any atom is -0.297 e. The lowest BCUT2D eigenvalue weighted by Gasteiger charge is -2.52. The lowest BCUT2D eigenvalue weighted by atomic mass is 9.73. The van der Waals surface area contributed by atoms with Crippen molar-refractivity contribution in [1.82, 2.24) is 9.80 Å². The average Bonchev–Trinajstić information content (AvgIpc) is 2.88. The van der Waals surface area contributed by atoms with E-state index < -0.39 is 5.41 Å². The number of benzene rings is 3. The third-order valence-corrected chi connectivity index (χ3v) is 7.55. The lowest BCUT2D eigenvalue weighted by Crippen LogP contribution is -2.62. The number of hydrogen-bond donors (Lipinski definition) is 0. The Bertz CT molecular complexity index is 1050. The van der Waals surface area contributed by atoms with Gasteiger partial charge in [-0.15, -0.1) is 0 Å². The first-order chi connectivity index (χ1) is 16.2. The standard InChI is InChI=1S/C29H30FN3/c30-26-13-11-23(12-14-26)19-33-21-27-15-16-28(33)20-32(27)18-17-29(22-31,24-7-3-1-4-8-24)25-9-5-2-6-10-25/h1-14,27-28H,15-21H2. The summed E-state index contributed by atoms with van der Waals surface area (Å²) in [5.41, 5.74) is 2.66. The van der Waals surface area contributed by atoms with E-state index in [9.17, 15) is 9.65 Å². The molecule has 3 aliphatic heterocycles. The third kappa shape index (κ3) is 4.44. The number of fused-ring (bicyclic) bond motifs is 3. The zero-order chi connectivity index (χ0) is 22.7. The van der Waals surface area contributed by atoms with Crippen LogP contribution in [0.25, 0.3) is 0 Å². The topological polar surface area (TPSA) is 30.3 Å². The highest BCUT2D eigenvalue weighted by atomic mass is 19.1. The van der Waals surface area contributed by atoms with Gasteiger partial charge in [0.25, 0.3) is 0 Å². The molecule has 0 amide bonds. The SMILES string of the molecule is N#CC(CCN1CC2CCC1CN2Cc1ccc(F)cc1)(c1ccccc1)c1ccccc1. The molecule has 2 bridgehead atoms. The molecule has 3 heterocycles. The molecule has 2 unspecified atom stereocenters. The molecule has 3 nitrogen and oxygen atoms in total. The van der Waals surface area contributed by atoms with E-state index >= 15 is 0 Å². The Balaban J connectivity index is 1.31. The lowest BCUT2D eigenvalue weighted by molar-refractivity contribution is -0.0265. The quantitative estimate of drug-likeness (QED) is 0.496. The van der Waals surface area contributed by atoms with Crippen molar-refractivity contribution >= 4 is 0 Å². The van der Waals surface area contributed by atoms with Crippen LogP contribution in [0, 0.1) is 17.1 Å². The van der Waals surface area contributed by atoms with Gasteiger partial charge in [-0.3, -0.25) is 9.80 Å². The fourth-order valence-electron chi connectivity index (χ4n) is 5.69. The first-order valence-electron chi connectivity index (χ1n) is 11.9. The zero-order valence-corrected chi connectivity index (χ0v) is 18.9. The second kappa shape index (κ2) is 9.47. The van der Waals surface area contributed by atoms with Gasteiger partial charge in [0.05, 0.1) is 6.07 Å². The maximum atomic E-state index is 13.3. The Morgan fingerprint density at radius 1 is 0.788 bits per heavy atom. The molecule has 0 spiro atoms. The molecular weight excluding hydrogens is 409 g/mol. The Labute approximate surface area is 196 Å². The van der Waals surface area contributed by atoms with Crippen molar-refractivity contribution in [1.29, 1.82) is 5.26 Å². The van der Waals surface area contributed by atoms with Gasteiger partial charge in [0, 0.05) is 38.3 Å². The number of piperidine rings is 2. The summed E-state index contributed by atoms with van der Waals surface area (Å²) in [4.78, 5) is 5.16. The smallest absolute Gasteiger partial charge is 0.123 e. The van der Waals surface area contributed by atoms with Crippen molar-refractivity contribution in [2.24, 2.45) is 0 Å². The van der Waals surface area contributed by atoms with Gasteiger partial charge in [0.2, 0.25) is 0 Å². The molecular formula is C29H30FN3. The summed E-state index contributed by atoms with van der Waals surface area (Å²) in [7, 11) is 0. The normalized spacial score (nSPS) is 21.1. The summed E-state index contributed by atoms with van der Waals surface area (Å²) < 4.78 is 13.3. The average molecular weight is 440 g/mol. The maximum Gasteiger partial charge on any atom is 0.123 e. The summed E-state index contributed by atoms with van der Waals surface area (Å²) >= 11 is 0. The van der Waals surface area contributed by atoms with Crippen molar-refractivity contribution in [2.45, 2.75) is 43.3 Å². The molecule has 4 heteroatoms. The fourth-order valence-corrected chi connectivity index (χ4v) is 5.69. The van der Waals surface area contributed by atoms with Crippen molar-refractivity contribution in [2.75, 3.05) is 19.6 Å². The molecule has 33 heavy (non-hydrogen) atoms. The molecule has 3 aromatic carbocycles. The van der Waals surface area contributed by atoms with Gasteiger partial charge in [0.1, 0.15) is 11.2 Å². The molecule has 3 saturated heterocycles. The second-order valence-electron chi connectivity index (χ2n) is 9.44. The van der Waals surface area contributed by atoms with E-state index in [1.807, 2.05) is 48.5 Å². The van der Waals surface area contributed by atoms with E-state index in [1.165, 1.54) is 18.4 Å². The van der Waals surface area contributed by atoms with E-state index in [0.29, 0.717) is 12.1 Å². The van der Waals surface area contributed by atoms with Crippen LogP contribution in [0.15, 0.2) is 84.9 Å². The Morgan fingerprint density at radius 3 is 1.85 bits per heavy atom. The van der Waals surface area contributed by atoms with Crippen LogP contribution in [0.5, 0.6) is 0 Å². The van der Waals surface area contributed by atoms with Crippen LogP contribution in [-0.4, -0.2) is 41.5 Å². The Kier molecular flexibility index (Phi) is 6.26. The number of nitriles is 1. The predicted molar refractivity (Wildman–Crippen MR) is 129 cm³/mol. The molecule has 0 radical (unpaired) electrons. The highest BCUT2D eigenvalue weighted by Gasteiger charge is 2.41. The molecule has 0 aliphatic carbocycles. The molecule has 0 aromatic heterocycles. The molecule has 2 atom stereocenters. The van der Waals surface area contributed by atoms with Crippen LogP contribution in [-0.2, 0) is 12.0 Å². The number of rotatable bonds is 7. The van der Waals surface area contributed by atoms with Crippen molar-refractivity contribution in [3.05, 3.63) is 107 Å². The van der Waals surface area contributed by atoms with Crippen LogP contribution < -0.4 is 0 Å². The van der Waals surface area contributed by atoms with Crippen LogP contribution >= 0.6 is 0 Å². The van der Waals surface area contributed by atoms with Gasteiger partial charge in [-0.1, -0.05) is 72.8 Å². The van der Waals surface area contributed by atoms with E-state index in [0.717, 1.165) is 43.7 Å². The van der Waals surface area contributed by atoms with Crippen molar-refractivity contribution < 1.29 is 4.39 Å². The van der Waals surface area contributed by atoms with E-state index in [4.69, 9.17) is 0 Å². The monoisotopic (exact) mass is 439 g/mol. The molecule has 6 rings (SSSR count). The largest absolute Gasteiger partial charge is 0.297 e. The molecule has 168 valence electrons. The van der Waals surface area contributed by atoms with E-state index in [-0.39, 0.29) is 5.82 Å². The summed E-state index contributed by atoms with van der Waals surface area (Å²) in [6.45, 7) is 3.86. The number of nitrogens with zero attached hydrogens (tertiary/aromatic N) is 3. The van der Waals surface area contributed by atoms with Crippen LogP contribution in [0.2, 0.25) is 0 Å². The van der Waals surface area contributed by atoms with Crippen molar-refractivity contribution in [3.8, 4) is 6.07 Å². The maximum absolute atomic E-state index is 13.3. The van der Waals surface area contributed by atoms with Crippen LogP contribution in [0.1, 0.15) is 36.0 Å². The van der Waals surface area contributed by atoms with Crippen molar-refractivity contribution in [3.63, 3.8) is 0 Å². The van der Waals surface area contributed by atoms with Crippen LogP contribution in [0.4, 0.5) is 4.39 Å². The summed E-state index contributed by atoms with van der Waals surface area (Å²) in [6, 6.07) is 31.1. The van der Waals surface area contributed by atoms with Gasteiger partial charge in [-0.05, 0) is 48.1 Å². The zero-order valence-electron chi connectivity index (χ0n) is 18.9. The Morgan fingerprint density at radius 2 is 1.33 bits per heavy atom. The predicted octanol–water partition coefficient (Wildman–Crippen LogP) is 5.37. The fraction of sp³-hybridized carbons (Fsp3) is 0.345. The van der Waals surface area contributed by atoms with Gasteiger partial charge in [-0.2, -0.15) is 5.26 Å². The molecule has 3 aromatic rings. The Hall–Kier alpha value is -3.00. The van der Waals surface area contributed by atoms with Gasteiger partial charge in [0.15, 0.2) is 0 Å². The minimum atomic E-state index is -0.646.